The molecule has 0 aliphatic carbocycles. The van der Waals surface area contributed by atoms with E-state index in [0.29, 0.717) is 24.6 Å². The molecule has 8 nitrogen and oxygen atoms in total. The molecule has 4 rings (SSSR count). The van der Waals surface area contributed by atoms with E-state index in [1.807, 2.05) is 0 Å². The zero-order chi connectivity index (χ0) is 17.9. The number of anilines is 2. The SMILES string of the molecule is N#Cc1c(N)nc2c(c1-c1cnc(NC[C@@H]3CCCO3)nc1)CNCC2. The number of hydrogen-bond acceptors (Lipinski definition) is 8. The van der Waals surface area contributed by atoms with Crippen molar-refractivity contribution in [2.24, 2.45) is 0 Å². The second kappa shape index (κ2) is 7.23. The van der Waals surface area contributed by atoms with E-state index in [9.17, 15) is 5.26 Å². The lowest BCUT2D eigenvalue weighted by molar-refractivity contribution is 0.120. The van der Waals surface area contributed by atoms with Crippen LogP contribution in [0.1, 0.15) is 29.7 Å². The first-order chi connectivity index (χ1) is 12.8. The van der Waals surface area contributed by atoms with Crippen molar-refractivity contribution in [3.05, 3.63) is 29.2 Å². The van der Waals surface area contributed by atoms with Gasteiger partial charge in [0.1, 0.15) is 17.5 Å². The number of nitrogens with one attached hydrogen (secondary N) is 2. The number of aromatic nitrogens is 3. The fourth-order valence-electron chi connectivity index (χ4n) is 3.50. The highest BCUT2D eigenvalue weighted by atomic mass is 16.5. The predicted molar refractivity (Wildman–Crippen MR) is 97.3 cm³/mol. The van der Waals surface area contributed by atoms with Gasteiger partial charge in [-0.15, -0.1) is 0 Å². The minimum absolute atomic E-state index is 0.224. The van der Waals surface area contributed by atoms with Gasteiger partial charge in [0.15, 0.2) is 0 Å². The molecule has 0 unspecified atom stereocenters. The van der Waals surface area contributed by atoms with Gasteiger partial charge in [0.2, 0.25) is 5.95 Å². The summed E-state index contributed by atoms with van der Waals surface area (Å²) in [4.78, 5) is 13.2. The van der Waals surface area contributed by atoms with E-state index in [2.05, 4.69) is 31.7 Å². The van der Waals surface area contributed by atoms with Crippen LogP contribution in [-0.4, -0.2) is 40.8 Å². The van der Waals surface area contributed by atoms with Crippen molar-refractivity contribution < 1.29 is 4.74 Å². The summed E-state index contributed by atoms with van der Waals surface area (Å²) in [6.45, 7) is 3.04. The molecule has 2 aliphatic heterocycles. The second-order valence-corrected chi connectivity index (χ2v) is 6.52. The maximum atomic E-state index is 9.56. The average Bonchev–Trinajstić information content (AvgIpc) is 3.19. The summed E-state index contributed by atoms with van der Waals surface area (Å²) in [5.74, 6) is 0.820. The lowest BCUT2D eigenvalue weighted by Gasteiger charge is -2.21. The van der Waals surface area contributed by atoms with Crippen LogP contribution in [0.5, 0.6) is 0 Å². The Balaban J connectivity index is 1.62. The number of nitrogens with zero attached hydrogens (tertiary/aromatic N) is 4. The Morgan fingerprint density at radius 1 is 1.38 bits per heavy atom. The normalized spacial score (nSPS) is 19.0. The minimum Gasteiger partial charge on any atom is -0.383 e. The van der Waals surface area contributed by atoms with Crippen LogP contribution in [0.3, 0.4) is 0 Å². The highest BCUT2D eigenvalue weighted by Crippen LogP contribution is 2.33. The molecule has 4 heterocycles. The third-order valence-corrected chi connectivity index (χ3v) is 4.82. The predicted octanol–water partition coefficient (Wildman–Crippen LogP) is 1.23. The summed E-state index contributed by atoms with van der Waals surface area (Å²) in [7, 11) is 0. The molecular formula is C18H21N7O. The minimum atomic E-state index is 0.224. The Kier molecular flexibility index (Phi) is 4.65. The average molecular weight is 351 g/mol. The Bertz CT molecular complexity index is 838. The molecule has 1 saturated heterocycles. The van der Waals surface area contributed by atoms with Crippen LogP contribution in [-0.2, 0) is 17.7 Å². The third kappa shape index (κ3) is 3.19. The molecular weight excluding hydrogens is 330 g/mol. The fraction of sp³-hybridized carbons (Fsp3) is 0.444. The first-order valence-electron chi connectivity index (χ1n) is 8.86. The van der Waals surface area contributed by atoms with Crippen molar-refractivity contribution in [1.82, 2.24) is 20.3 Å². The van der Waals surface area contributed by atoms with Crippen molar-refractivity contribution in [2.75, 3.05) is 30.7 Å². The first kappa shape index (κ1) is 16.7. The highest BCUT2D eigenvalue weighted by molar-refractivity contribution is 5.78. The summed E-state index contributed by atoms with van der Waals surface area (Å²) >= 11 is 0. The van der Waals surface area contributed by atoms with Crippen LogP contribution >= 0.6 is 0 Å². The molecule has 0 saturated carbocycles. The van der Waals surface area contributed by atoms with Crippen LogP contribution < -0.4 is 16.4 Å². The largest absolute Gasteiger partial charge is 0.383 e. The lowest BCUT2D eigenvalue weighted by atomic mass is 9.93. The maximum Gasteiger partial charge on any atom is 0.222 e. The van der Waals surface area contributed by atoms with Crippen molar-refractivity contribution >= 4 is 11.8 Å². The molecule has 0 radical (unpaired) electrons. The first-order valence-corrected chi connectivity index (χ1v) is 8.86. The van der Waals surface area contributed by atoms with Crippen molar-refractivity contribution in [3.8, 4) is 17.2 Å². The van der Waals surface area contributed by atoms with Gasteiger partial charge >= 0.3 is 0 Å². The van der Waals surface area contributed by atoms with Gasteiger partial charge in [-0.05, 0) is 18.4 Å². The number of fused-ring (bicyclic) bond motifs is 1. The van der Waals surface area contributed by atoms with E-state index < -0.39 is 0 Å². The number of nitrogens with two attached hydrogens (primary N) is 1. The van der Waals surface area contributed by atoms with Crippen molar-refractivity contribution in [2.45, 2.75) is 31.9 Å². The summed E-state index contributed by atoms with van der Waals surface area (Å²) in [5, 5.41) is 16.1. The van der Waals surface area contributed by atoms with Gasteiger partial charge in [0, 0.05) is 61.9 Å². The molecule has 0 spiro atoms. The zero-order valence-electron chi connectivity index (χ0n) is 14.5. The van der Waals surface area contributed by atoms with Gasteiger partial charge in [-0.3, -0.25) is 0 Å². The topological polar surface area (TPSA) is 122 Å². The molecule has 0 amide bonds. The van der Waals surface area contributed by atoms with Gasteiger partial charge < -0.3 is 21.1 Å². The van der Waals surface area contributed by atoms with Crippen molar-refractivity contribution in [1.29, 1.82) is 5.26 Å². The summed E-state index contributed by atoms with van der Waals surface area (Å²) in [6.07, 6.45) is 6.64. The molecule has 2 aromatic heterocycles. The van der Waals surface area contributed by atoms with E-state index >= 15 is 0 Å². The number of ether oxygens (including phenoxy) is 1. The number of hydrogen-bond donors (Lipinski definition) is 3. The maximum absolute atomic E-state index is 9.56. The van der Waals surface area contributed by atoms with Gasteiger partial charge in [-0.1, -0.05) is 0 Å². The standard InChI is InChI=1S/C18H21N7O/c19-6-13-16(14-10-21-4-3-15(14)25-17(13)20)11-7-22-18(23-8-11)24-9-12-2-1-5-26-12/h7-8,12,21H,1-5,9-10H2,(H2,20,25)(H,22,23,24)/t12-/m0/s1. The molecule has 2 aliphatic rings. The van der Waals surface area contributed by atoms with Crippen LogP contribution in [0.2, 0.25) is 0 Å². The quantitative estimate of drug-likeness (QED) is 0.752. The van der Waals surface area contributed by atoms with Gasteiger partial charge in [-0.25, -0.2) is 15.0 Å². The lowest BCUT2D eigenvalue weighted by Crippen LogP contribution is -2.26. The molecule has 0 aromatic carbocycles. The van der Waals surface area contributed by atoms with Crippen LogP contribution in [0, 0.1) is 11.3 Å². The van der Waals surface area contributed by atoms with E-state index in [0.717, 1.165) is 54.8 Å². The molecule has 1 atom stereocenters. The molecule has 2 aromatic rings. The van der Waals surface area contributed by atoms with E-state index in [1.54, 1.807) is 12.4 Å². The van der Waals surface area contributed by atoms with Crippen molar-refractivity contribution in [3.63, 3.8) is 0 Å². The zero-order valence-corrected chi connectivity index (χ0v) is 14.5. The van der Waals surface area contributed by atoms with Gasteiger partial charge in [0.25, 0.3) is 0 Å². The van der Waals surface area contributed by atoms with Gasteiger partial charge in [-0.2, -0.15) is 5.26 Å². The van der Waals surface area contributed by atoms with Crippen LogP contribution in [0.4, 0.5) is 11.8 Å². The second-order valence-electron chi connectivity index (χ2n) is 6.52. The Labute approximate surface area is 151 Å². The van der Waals surface area contributed by atoms with Crippen LogP contribution in [0.15, 0.2) is 12.4 Å². The number of rotatable bonds is 4. The monoisotopic (exact) mass is 351 g/mol. The smallest absolute Gasteiger partial charge is 0.222 e. The Morgan fingerprint density at radius 3 is 2.96 bits per heavy atom. The molecule has 134 valence electrons. The van der Waals surface area contributed by atoms with E-state index in [1.165, 1.54) is 0 Å². The summed E-state index contributed by atoms with van der Waals surface area (Å²) < 4.78 is 5.59. The molecule has 1 fully saturated rings. The fourth-order valence-corrected chi connectivity index (χ4v) is 3.50. The van der Waals surface area contributed by atoms with Gasteiger partial charge in [0.05, 0.1) is 6.10 Å². The molecule has 4 N–H and O–H groups in total. The third-order valence-electron chi connectivity index (χ3n) is 4.82. The molecule has 0 bridgehead atoms. The molecule has 8 heteroatoms. The van der Waals surface area contributed by atoms with E-state index in [4.69, 9.17) is 10.5 Å². The number of pyridine rings is 1. The van der Waals surface area contributed by atoms with E-state index in [-0.39, 0.29) is 11.9 Å². The molecule has 26 heavy (non-hydrogen) atoms. The van der Waals surface area contributed by atoms with Crippen LogP contribution in [0.25, 0.3) is 11.1 Å². The number of nitrogen functional groups attached to an aromatic ring is 1. The summed E-state index contributed by atoms with van der Waals surface area (Å²) in [5.41, 5.74) is 9.91. The number of nitriles is 1. The Hall–Kier alpha value is -2.76. The highest BCUT2D eigenvalue weighted by Gasteiger charge is 2.22. The Morgan fingerprint density at radius 2 is 2.23 bits per heavy atom. The summed E-state index contributed by atoms with van der Waals surface area (Å²) in [6, 6.07) is 2.19.